The van der Waals surface area contributed by atoms with E-state index in [0.29, 0.717) is 6.54 Å². The zero-order valence-corrected chi connectivity index (χ0v) is 20.0. The molecule has 3 rings (SSSR count). The Kier molecular flexibility index (Phi) is 10.0. The fourth-order valence-corrected chi connectivity index (χ4v) is 4.05. The van der Waals surface area contributed by atoms with Gasteiger partial charge in [0.25, 0.3) is 5.91 Å². The number of aliphatic hydroxyl groups excluding tert-OH is 1. The molecular formula is C27H38N2O4. The lowest BCUT2D eigenvalue weighted by atomic mass is 10.0. The minimum atomic E-state index is -0.571. The van der Waals surface area contributed by atoms with E-state index in [2.05, 4.69) is 24.4 Å². The molecule has 0 aromatic heterocycles. The Bertz CT molecular complexity index is 858. The summed E-state index contributed by atoms with van der Waals surface area (Å²) >= 11 is 0. The van der Waals surface area contributed by atoms with Crippen molar-refractivity contribution in [1.82, 2.24) is 10.2 Å². The van der Waals surface area contributed by atoms with Crippen LogP contribution in [-0.2, 0) is 17.6 Å². The maximum absolute atomic E-state index is 12.3. The van der Waals surface area contributed by atoms with Crippen molar-refractivity contribution >= 4 is 5.91 Å². The van der Waals surface area contributed by atoms with Gasteiger partial charge in [-0.2, -0.15) is 0 Å². The minimum absolute atomic E-state index is 0.00430. The zero-order valence-electron chi connectivity index (χ0n) is 20.0. The van der Waals surface area contributed by atoms with Gasteiger partial charge in [-0.05, 0) is 67.5 Å². The van der Waals surface area contributed by atoms with Gasteiger partial charge < -0.3 is 24.8 Å². The zero-order chi connectivity index (χ0) is 23.5. The van der Waals surface area contributed by atoms with Crippen molar-refractivity contribution in [3.05, 3.63) is 59.7 Å². The lowest BCUT2D eigenvalue weighted by Crippen LogP contribution is -2.39. The van der Waals surface area contributed by atoms with Crippen molar-refractivity contribution in [2.75, 3.05) is 33.4 Å². The molecule has 1 unspecified atom stereocenters. The maximum Gasteiger partial charge on any atom is 0.260 e. The molecule has 1 aliphatic carbocycles. The minimum Gasteiger partial charge on any atom is -0.491 e. The number of benzene rings is 2. The Morgan fingerprint density at radius 1 is 1.15 bits per heavy atom. The smallest absolute Gasteiger partial charge is 0.260 e. The number of fused-ring (bicyclic) bond motifs is 1. The second-order valence-corrected chi connectivity index (χ2v) is 8.87. The van der Waals surface area contributed by atoms with Crippen molar-refractivity contribution < 1.29 is 19.4 Å². The third-order valence-electron chi connectivity index (χ3n) is 6.11. The van der Waals surface area contributed by atoms with Crippen LogP contribution in [0.2, 0.25) is 0 Å². The summed E-state index contributed by atoms with van der Waals surface area (Å²) in [7, 11) is 1.83. The molecule has 2 N–H and O–H groups in total. The molecule has 0 heterocycles. The van der Waals surface area contributed by atoms with Crippen LogP contribution in [0, 0.1) is 0 Å². The van der Waals surface area contributed by atoms with Crippen molar-refractivity contribution in [2.45, 2.75) is 57.6 Å². The number of unbranched alkanes of at least 4 members (excludes halogenated alkanes) is 1. The monoisotopic (exact) mass is 454 g/mol. The van der Waals surface area contributed by atoms with Crippen LogP contribution in [0.4, 0.5) is 0 Å². The van der Waals surface area contributed by atoms with Crippen molar-refractivity contribution in [3.63, 3.8) is 0 Å². The number of aliphatic hydroxyl groups is 1. The quantitative estimate of drug-likeness (QED) is 0.480. The number of para-hydroxylation sites is 1. The molecule has 1 amide bonds. The van der Waals surface area contributed by atoms with Gasteiger partial charge in [-0.3, -0.25) is 4.79 Å². The average molecular weight is 455 g/mol. The van der Waals surface area contributed by atoms with Gasteiger partial charge in [-0.15, -0.1) is 0 Å². The summed E-state index contributed by atoms with van der Waals surface area (Å²) < 4.78 is 11.5. The number of carbonyl (C=O) groups excluding carboxylic acids is 1. The molecule has 33 heavy (non-hydrogen) atoms. The Morgan fingerprint density at radius 3 is 2.76 bits per heavy atom. The Labute approximate surface area is 197 Å². The normalized spacial score (nSPS) is 16.4. The number of carbonyl (C=O) groups is 1. The summed E-state index contributed by atoms with van der Waals surface area (Å²) in [6.07, 6.45) is 5.56. The highest BCUT2D eigenvalue weighted by Gasteiger charge is 2.19. The molecule has 0 spiro atoms. The van der Waals surface area contributed by atoms with E-state index in [4.69, 9.17) is 9.47 Å². The molecule has 0 aliphatic heterocycles. The molecule has 2 aromatic carbocycles. The number of nitrogens with one attached hydrogen (secondary N) is 1. The number of rotatable bonds is 12. The summed E-state index contributed by atoms with van der Waals surface area (Å²) in [5.41, 5.74) is 2.59. The number of aryl methyl sites for hydroxylation is 1. The highest BCUT2D eigenvalue weighted by Crippen LogP contribution is 2.25. The molecule has 0 saturated heterocycles. The lowest BCUT2D eigenvalue weighted by Gasteiger charge is -2.20. The predicted molar refractivity (Wildman–Crippen MR) is 131 cm³/mol. The van der Waals surface area contributed by atoms with Crippen LogP contribution in [-0.4, -0.2) is 61.4 Å². The van der Waals surface area contributed by atoms with E-state index in [0.717, 1.165) is 56.6 Å². The molecule has 2 atom stereocenters. The second kappa shape index (κ2) is 13.2. The fraction of sp³-hybridized carbons (Fsp3) is 0.519. The number of amides is 1. The number of likely N-dealkylation sites (N-methyl/N-ethyl adjacent to an activating group) is 1. The van der Waals surface area contributed by atoms with Crippen LogP contribution in [0.25, 0.3) is 0 Å². The van der Waals surface area contributed by atoms with E-state index in [1.165, 1.54) is 11.1 Å². The van der Waals surface area contributed by atoms with Crippen molar-refractivity contribution in [2.24, 2.45) is 0 Å². The van der Waals surface area contributed by atoms with Gasteiger partial charge in [0, 0.05) is 26.2 Å². The molecule has 6 heteroatoms. The van der Waals surface area contributed by atoms with Crippen LogP contribution in [0.15, 0.2) is 48.5 Å². The van der Waals surface area contributed by atoms with Gasteiger partial charge in [0.15, 0.2) is 6.61 Å². The summed E-state index contributed by atoms with van der Waals surface area (Å²) in [5.74, 6) is 1.51. The van der Waals surface area contributed by atoms with E-state index in [1.807, 2.05) is 43.4 Å². The molecule has 0 saturated carbocycles. The Hall–Kier alpha value is -2.57. The highest BCUT2D eigenvalue weighted by atomic mass is 16.5. The molecule has 0 bridgehead atoms. The van der Waals surface area contributed by atoms with E-state index in [1.54, 1.807) is 4.90 Å². The van der Waals surface area contributed by atoms with E-state index < -0.39 is 6.10 Å². The molecule has 180 valence electrons. The maximum atomic E-state index is 12.3. The Morgan fingerprint density at radius 2 is 1.97 bits per heavy atom. The van der Waals surface area contributed by atoms with Gasteiger partial charge in [0.1, 0.15) is 24.2 Å². The predicted octanol–water partition coefficient (Wildman–Crippen LogP) is 3.60. The van der Waals surface area contributed by atoms with Crippen LogP contribution >= 0.6 is 0 Å². The summed E-state index contributed by atoms with van der Waals surface area (Å²) in [6, 6.07) is 16.0. The number of nitrogens with zero attached hydrogens (tertiary/aromatic N) is 1. The van der Waals surface area contributed by atoms with Gasteiger partial charge in [-0.25, -0.2) is 0 Å². The SMILES string of the molecule is CCCCN(C)C(=O)COc1ccc2c(c1)CC(NC[C@H](O)COc1ccccc1)CCC2. The first kappa shape index (κ1) is 25.1. The molecular weight excluding hydrogens is 416 g/mol. The number of hydrogen-bond acceptors (Lipinski definition) is 5. The first-order chi connectivity index (χ1) is 16.0. The molecule has 0 fully saturated rings. The largest absolute Gasteiger partial charge is 0.491 e. The highest BCUT2D eigenvalue weighted by molar-refractivity contribution is 5.77. The third kappa shape index (κ3) is 8.37. The van der Waals surface area contributed by atoms with Gasteiger partial charge in [0.2, 0.25) is 0 Å². The summed E-state index contributed by atoms with van der Waals surface area (Å²) in [6.45, 7) is 3.69. The Balaban J connectivity index is 1.47. The summed E-state index contributed by atoms with van der Waals surface area (Å²) in [4.78, 5) is 14.0. The third-order valence-corrected chi connectivity index (χ3v) is 6.11. The average Bonchev–Trinajstić information content (AvgIpc) is 3.05. The topological polar surface area (TPSA) is 71.0 Å². The molecule has 0 radical (unpaired) electrons. The number of hydrogen-bond donors (Lipinski definition) is 2. The molecule has 6 nitrogen and oxygen atoms in total. The first-order valence-corrected chi connectivity index (χ1v) is 12.1. The van der Waals surface area contributed by atoms with Crippen molar-refractivity contribution in [1.29, 1.82) is 0 Å². The first-order valence-electron chi connectivity index (χ1n) is 12.1. The van der Waals surface area contributed by atoms with E-state index in [-0.39, 0.29) is 25.2 Å². The van der Waals surface area contributed by atoms with Crippen LogP contribution in [0.5, 0.6) is 11.5 Å². The summed E-state index contributed by atoms with van der Waals surface area (Å²) in [5, 5.41) is 13.8. The van der Waals surface area contributed by atoms with Crippen molar-refractivity contribution in [3.8, 4) is 11.5 Å². The van der Waals surface area contributed by atoms with Gasteiger partial charge >= 0.3 is 0 Å². The number of ether oxygens (including phenoxy) is 2. The lowest BCUT2D eigenvalue weighted by molar-refractivity contribution is -0.132. The van der Waals surface area contributed by atoms with Crippen LogP contribution < -0.4 is 14.8 Å². The molecule has 2 aromatic rings. The fourth-order valence-electron chi connectivity index (χ4n) is 4.05. The second-order valence-electron chi connectivity index (χ2n) is 8.87. The van der Waals surface area contributed by atoms with Gasteiger partial charge in [0.05, 0.1) is 0 Å². The van der Waals surface area contributed by atoms with Crippen LogP contribution in [0.3, 0.4) is 0 Å². The van der Waals surface area contributed by atoms with Gasteiger partial charge in [-0.1, -0.05) is 37.6 Å². The standard InChI is InChI=1S/C27H38N2O4/c1-3-4-15-29(2)27(31)20-33-26-14-13-21-9-8-10-23(16-22(21)17-26)28-18-24(30)19-32-25-11-6-5-7-12-25/h5-7,11-14,17,23-24,28,30H,3-4,8-10,15-16,18-20H2,1-2H3/t23?,24-/m0/s1. The van der Waals surface area contributed by atoms with E-state index >= 15 is 0 Å². The molecule has 1 aliphatic rings. The van der Waals surface area contributed by atoms with Crippen LogP contribution in [0.1, 0.15) is 43.7 Å². The van der Waals surface area contributed by atoms with E-state index in [9.17, 15) is 9.90 Å².